The molecule has 0 spiro atoms. The van der Waals surface area contributed by atoms with E-state index in [1.165, 1.54) is 27.6 Å². The lowest BCUT2D eigenvalue weighted by Gasteiger charge is -2.18. The van der Waals surface area contributed by atoms with Crippen molar-refractivity contribution in [1.82, 2.24) is 19.9 Å². The second-order valence-electron chi connectivity index (χ2n) is 15.2. The summed E-state index contributed by atoms with van der Waals surface area (Å²) >= 11 is 0. The van der Waals surface area contributed by atoms with E-state index in [0.717, 1.165) is 72.0 Å². The maximum absolute atomic E-state index is 10.2. The third-order valence-corrected chi connectivity index (χ3v) is 11.8. The van der Waals surface area contributed by atoms with Crippen molar-refractivity contribution < 1.29 is 4.42 Å². The van der Waals surface area contributed by atoms with Gasteiger partial charge >= 0.3 is 0 Å². The molecule has 0 N–H and O–H groups in total. The largest absolute Gasteiger partial charge is 0.455 e. The van der Waals surface area contributed by atoms with E-state index >= 15 is 0 Å². The maximum Gasteiger partial charge on any atom is 0.182 e. The van der Waals surface area contributed by atoms with Crippen LogP contribution in [0.1, 0.15) is 5.56 Å². The molecule has 6 heteroatoms. The van der Waals surface area contributed by atoms with E-state index in [9.17, 15) is 5.26 Å². The van der Waals surface area contributed by atoms with E-state index in [4.69, 9.17) is 24.4 Å². The fourth-order valence-electron chi connectivity index (χ4n) is 9.06. The molecule has 0 aliphatic heterocycles. The zero-order valence-corrected chi connectivity index (χ0v) is 32.5. The van der Waals surface area contributed by atoms with Crippen molar-refractivity contribution in [2.45, 2.75) is 0 Å². The van der Waals surface area contributed by atoms with Gasteiger partial charge in [0.05, 0.1) is 22.9 Å². The van der Waals surface area contributed by atoms with Gasteiger partial charge in [0.15, 0.2) is 17.5 Å². The highest BCUT2D eigenvalue weighted by Crippen LogP contribution is 2.52. The third-order valence-electron chi connectivity index (χ3n) is 11.8. The molecule has 0 unspecified atom stereocenters. The van der Waals surface area contributed by atoms with Crippen LogP contribution >= 0.6 is 0 Å². The summed E-state index contributed by atoms with van der Waals surface area (Å²) in [6, 6.07) is 66.3. The van der Waals surface area contributed by atoms with Gasteiger partial charge in [-0.2, -0.15) is 5.26 Å². The standard InChI is InChI=1S/C55H31N5O/c56-32-34-16-4-5-17-35(34)36-18-6-7-19-37(36)43-29-28-41-38-20-8-9-21-39(38)42-30-31-45(51(43)50(41)42)47-25-13-26-48(57-47)55-59-53(33-14-2-1-3-15-33)58-54(60-55)46-24-12-23-44-40-22-10-11-27-49(40)61-52(44)46/h1-31H. The Bertz CT molecular complexity index is 3590. The van der Waals surface area contributed by atoms with Crippen molar-refractivity contribution >= 4 is 32.7 Å². The van der Waals surface area contributed by atoms with Gasteiger partial charge < -0.3 is 4.42 Å². The van der Waals surface area contributed by atoms with E-state index in [-0.39, 0.29) is 0 Å². The normalized spacial score (nSPS) is 11.6. The van der Waals surface area contributed by atoms with E-state index in [1.54, 1.807) is 0 Å². The zero-order chi connectivity index (χ0) is 40.4. The first kappa shape index (κ1) is 34.5. The van der Waals surface area contributed by atoms with Crippen LogP contribution in [-0.2, 0) is 0 Å². The third kappa shape index (κ3) is 5.49. The van der Waals surface area contributed by atoms with Gasteiger partial charge in [0, 0.05) is 32.8 Å². The van der Waals surface area contributed by atoms with Crippen molar-refractivity contribution in [3.8, 4) is 96.1 Å². The van der Waals surface area contributed by atoms with Crippen LogP contribution in [0.5, 0.6) is 0 Å². The molecule has 0 saturated carbocycles. The number of nitrogens with zero attached hydrogens (tertiary/aromatic N) is 5. The predicted molar refractivity (Wildman–Crippen MR) is 244 cm³/mol. The maximum atomic E-state index is 10.2. The quantitative estimate of drug-likeness (QED) is 0.167. The summed E-state index contributed by atoms with van der Waals surface area (Å²) in [6.45, 7) is 0. The highest BCUT2D eigenvalue weighted by Gasteiger charge is 2.27. The predicted octanol–water partition coefficient (Wildman–Crippen LogP) is 13.8. The van der Waals surface area contributed by atoms with Gasteiger partial charge in [0.25, 0.3) is 0 Å². The van der Waals surface area contributed by atoms with Crippen molar-refractivity contribution in [3.05, 3.63) is 194 Å². The second kappa shape index (κ2) is 13.8. The summed E-state index contributed by atoms with van der Waals surface area (Å²) in [5, 5.41) is 14.5. The Morgan fingerprint density at radius 1 is 0.344 bits per heavy atom. The molecule has 61 heavy (non-hydrogen) atoms. The number of para-hydroxylation sites is 2. The second-order valence-corrected chi connectivity index (χ2v) is 15.2. The lowest BCUT2D eigenvalue weighted by Crippen LogP contribution is -2.02. The summed E-state index contributed by atoms with van der Waals surface area (Å²) in [5.41, 5.74) is 15.0. The average Bonchev–Trinajstić information content (AvgIpc) is 3.88. The Labute approximate surface area is 350 Å². The molecule has 8 aromatic carbocycles. The molecule has 282 valence electrons. The molecule has 1 aliphatic carbocycles. The van der Waals surface area contributed by atoms with Gasteiger partial charge in [-0.3, -0.25) is 0 Å². The number of hydrogen-bond acceptors (Lipinski definition) is 6. The molecule has 6 nitrogen and oxygen atoms in total. The molecule has 0 saturated heterocycles. The minimum absolute atomic E-state index is 0.454. The first-order valence-electron chi connectivity index (χ1n) is 20.2. The Balaban J connectivity index is 1.09. The first-order chi connectivity index (χ1) is 30.2. The summed E-state index contributed by atoms with van der Waals surface area (Å²) in [6.07, 6.45) is 0. The average molecular weight is 778 g/mol. The van der Waals surface area contributed by atoms with Crippen LogP contribution in [0, 0.1) is 11.3 Å². The molecule has 0 fully saturated rings. The van der Waals surface area contributed by atoms with Crippen LogP contribution in [0.2, 0.25) is 0 Å². The van der Waals surface area contributed by atoms with E-state index in [1.807, 2.05) is 103 Å². The number of aromatic nitrogens is 4. The Morgan fingerprint density at radius 3 is 1.57 bits per heavy atom. The number of pyridine rings is 1. The molecule has 0 radical (unpaired) electrons. The smallest absolute Gasteiger partial charge is 0.182 e. The summed E-state index contributed by atoms with van der Waals surface area (Å²) in [5.74, 6) is 1.50. The van der Waals surface area contributed by atoms with Crippen molar-refractivity contribution in [1.29, 1.82) is 5.26 Å². The molecular formula is C55H31N5O. The van der Waals surface area contributed by atoms with E-state index in [0.29, 0.717) is 28.7 Å². The molecule has 3 aromatic heterocycles. The number of nitriles is 1. The Morgan fingerprint density at radius 2 is 0.852 bits per heavy atom. The molecule has 0 atom stereocenters. The number of rotatable bonds is 6. The van der Waals surface area contributed by atoms with E-state index < -0.39 is 0 Å². The molecule has 1 aliphatic rings. The first-order valence-corrected chi connectivity index (χ1v) is 20.2. The topological polar surface area (TPSA) is 88.5 Å². The molecular weight excluding hydrogens is 747 g/mol. The molecule has 11 aromatic rings. The van der Waals surface area contributed by atoms with Crippen molar-refractivity contribution in [2.75, 3.05) is 0 Å². The summed E-state index contributed by atoms with van der Waals surface area (Å²) < 4.78 is 6.46. The van der Waals surface area contributed by atoms with Crippen LogP contribution in [0.3, 0.4) is 0 Å². The minimum Gasteiger partial charge on any atom is -0.455 e. The SMILES string of the molecule is N#Cc1ccccc1-c1ccccc1-c1ccc2c3c(ccc(-c4cccc(-c5nc(-c6ccccc6)nc(-c6cccc7c6oc6ccccc67)n5)n4)c13)-c1ccccc1-2. The van der Waals surface area contributed by atoms with Gasteiger partial charge in [-0.05, 0) is 74.7 Å². The van der Waals surface area contributed by atoms with Crippen LogP contribution < -0.4 is 0 Å². The Hall–Kier alpha value is -8.53. The van der Waals surface area contributed by atoms with Crippen LogP contribution in [0.15, 0.2) is 192 Å². The fraction of sp³-hybridized carbons (Fsp3) is 0. The lowest BCUT2D eigenvalue weighted by atomic mass is 9.86. The van der Waals surface area contributed by atoms with Gasteiger partial charge in [0.2, 0.25) is 0 Å². The highest BCUT2D eigenvalue weighted by molar-refractivity contribution is 6.23. The zero-order valence-electron chi connectivity index (χ0n) is 32.5. The number of benzene rings is 8. The molecule has 12 rings (SSSR count). The van der Waals surface area contributed by atoms with E-state index in [2.05, 4.69) is 91.0 Å². The summed E-state index contributed by atoms with van der Waals surface area (Å²) in [4.78, 5) is 20.6. The number of furan rings is 1. The van der Waals surface area contributed by atoms with Gasteiger partial charge in [-0.25, -0.2) is 19.9 Å². The number of hydrogen-bond donors (Lipinski definition) is 0. The fourth-order valence-corrected chi connectivity index (χ4v) is 9.06. The molecule has 3 heterocycles. The van der Waals surface area contributed by atoms with Crippen LogP contribution in [0.25, 0.3) is 123 Å². The molecule has 0 amide bonds. The van der Waals surface area contributed by atoms with Crippen LogP contribution in [0.4, 0.5) is 0 Å². The number of fused-ring (bicyclic) bond motifs is 6. The van der Waals surface area contributed by atoms with Crippen LogP contribution in [-0.4, -0.2) is 19.9 Å². The van der Waals surface area contributed by atoms with Gasteiger partial charge in [0.1, 0.15) is 16.9 Å². The monoisotopic (exact) mass is 777 g/mol. The molecule has 0 bridgehead atoms. The van der Waals surface area contributed by atoms with Crippen molar-refractivity contribution in [2.24, 2.45) is 0 Å². The van der Waals surface area contributed by atoms with Gasteiger partial charge in [-0.1, -0.05) is 158 Å². The lowest BCUT2D eigenvalue weighted by molar-refractivity contribution is 0.669. The van der Waals surface area contributed by atoms with Gasteiger partial charge in [-0.15, -0.1) is 0 Å². The minimum atomic E-state index is 0.454. The summed E-state index contributed by atoms with van der Waals surface area (Å²) in [7, 11) is 0. The van der Waals surface area contributed by atoms with Crippen molar-refractivity contribution in [3.63, 3.8) is 0 Å². The highest BCUT2D eigenvalue weighted by atomic mass is 16.3. The Kier molecular flexibility index (Phi) is 7.81.